The molecule has 0 N–H and O–H groups in total. The molecule has 2 aromatic heterocycles. The van der Waals surface area contributed by atoms with Crippen LogP contribution in [0.4, 0.5) is 0 Å². The Morgan fingerprint density at radius 2 is 0.831 bits per heavy atom. The van der Waals surface area contributed by atoms with Gasteiger partial charge < -0.3 is 0 Å². The maximum Gasteiger partial charge on any atom is 0.164 e. The standard InChI is InChI=1S/C54H37N5/c1-54(2)49-28-35(33-55)15-25-47(49)48-26-24-42(32-50(48)54)45-29-44(39-18-16-38(17-19-39)43-14-9-27-56-34-43)30-46(31-45)53-58-51(40-12-7-4-8-13-40)57-52(59-53)41-22-20-37(21-23-41)36-10-5-3-6-11-36/h3-32,34H,1-2H3. The summed E-state index contributed by atoms with van der Waals surface area (Å²) >= 11 is 0. The Morgan fingerprint density at radius 1 is 0.390 bits per heavy atom. The van der Waals surface area contributed by atoms with Crippen molar-refractivity contribution in [1.82, 2.24) is 19.9 Å². The summed E-state index contributed by atoms with van der Waals surface area (Å²) in [4.78, 5) is 19.7. The van der Waals surface area contributed by atoms with E-state index in [1.807, 2.05) is 60.8 Å². The molecule has 0 unspecified atom stereocenters. The lowest BCUT2D eigenvalue weighted by Gasteiger charge is -2.22. The summed E-state index contributed by atoms with van der Waals surface area (Å²) in [5.74, 6) is 1.81. The molecule has 10 rings (SSSR count). The number of nitrogens with zero attached hydrogens (tertiary/aromatic N) is 5. The van der Waals surface area contributed by atoms with Crippen LogP contribution in [0.1, 0.15) is 30.5 Å². The Balaban J connectivity index is 1.13. The molecule has 1 aliphatic carbocycles. The Kier molecular flexibility index (Phi) is 8.81. The number of benzene rings is 7. The minimum absolute atomic E-state index is 0.278. The molecular weight excluding hydrogens is 719 g/mol. The predicted octanol–water partition coefficient (Wildman–Crippen LogP) is 13.1. The van der Waals surface area contributed by atoms with E-state index < -0.39 is 0 Å². The van der Waals surface area contributed by atoms with Gasteiger partial charge in [0.25, 0.3) is 0 Å². The number of hydrogen-bond donors (Lipinski definition) is 0. The van der Waals surface area contributed by atoms with Crippen molar-refractivity contribution >= 4 is 0 Å². The monoisotopic (exact) mass is 755 g/mol. The maximum atomic E-state index is 9.71. The van der Waals surface area contributed by atoms with E-state index in [0.29, 0.717) is 23.0 Å². The third kappa shape index (κ3) is 6.67. The van der Waals surface area contributed by atoms with E-state index in [0.717, 1.165) is 61.2 Å². The summed E-state index contributed by atoms with van der Waals surface area (Å²) in [7, 11) is 0. The van der Waals surface area contributed by atoms with Gasteiger partial charge in [0.1, 0.15) is 0 Å². The zero-order chi connectivity index (χ0) is 39.9. The van der Waals surface area contributed by atoms with E-state index in [1.165, 1.54) is 22.3 Å². The van der Waals surface area contributed by atoms with Crippen LogP contribution >= 0.6 is 0 Å². The van der Waals surface area contributed by atoms with Crippen LogP contribution in [-0.2, 0) is 5.41 Å². The second kappa shape index (κ2) is 14.6. The SMILES string of the molecule is CC1(C)c2cc(C#N)ccc2-c2ccc(-c3cc(-c4ccc(-c5cccnc5)cc4)cc(-c4nc(-c5ccccc5)nc(-c5ccc(-c6ccccc6)cc5)n4)c3)cc21. The molecule has 0 bridgehead atoms. The largest absolute Gasteiger partial charge is 0.264 e. The number of nitriles is 1. The van der Waals surface area contributed by atoms with Gasteiger partial charge in [-0.2, -0.15) is 5.26 Å². The molecule has 0 amide bonds. The molecular formula is C54H37N5. The number of hydrogen-bond acceptors (Lipinski definition) is 5. The Morgan fingerprint density at radius 3 is 1.44 bits per heavy atom. The van der Waals surface area contributed by atoms with Crippen molar-refractivity contribution in [3.05, 3.63) is 205 Å². The van der Waals surface area contributed by atoms with Gasteiger partial charge in [-0.15, -0.1) is 0 Å². The first-order valence-corrected chi connectivity index (χ1v) is 19.7. The van der Waals surface area contributed by atoms with Crippen molar-refractivity contribution < 1.29 is 0 Å². The van der Waals surface area contributed by atoms with Crippen LogP contribution < -0.4 is 0 Å². The van der Waals surface area contributed by atoms with Crippen molar-refractivity contribution in [1.29, 1.82) is 5.26 Å². The highest BCUT2D eigenvalue weighted by atomic mass is 15.0. The van der Waals surface area contributed by atoms with Crippen LogP contribution in [0.2, 0.25) is 0 Å². The van der Waals surface area contributed by atoms with Crippen LogP contribution in [0, 0.1) is 11.3 Å². The molecule has 1 aliphatic rings. The summed E-state index contributed by atoms with van der Waals surface area (Å²) in [5.41, 5.74) is 16.6. The summed E-state index contributed by atoms with van der Waals surface area (Å²) in [6, 6.07) is 63.4. The minimum atomic E-state index is -0.278. The normalized spacial score (nSPS) is 12.4. The molecule has 5 nitrogen and oxygen atoms in total. The second-order valence-electron chi connectivity index (χ2n) is 15.5. The number of fused-ring (bicyclic) bond motifs is 3. The summed E-state index contributed by atoms with van der Waals surface area (Å²) < 4.78 is 0. The third-order valence-corrected chi connectivity index (χ3v) is 11.5. The fourth-order valence-corrected chi connectivity index (χ4v) is 8.26. The van der Waals surface area contributed by atoms with Crippen molar-refractivity contribution in [2.45, 2.75) is 19.3 Å². The molecule has 0 aliphatic heterocycles. The first-order valence-electron chi connectivity index (χ1n) is 19.7. The number of aromatic nitrogens is 4. The topological polar surface area (TPSA) is 75.3 Å². The lowest BCUT2D eigenvalue weighted by molar-refractivity contribution is 0.660. The van der Waals surface area contributed by atoms with Crippen LogP contribution in [0.3, 0.4) is 0 Å². The molecule has 0 atom stereocenters. The van der Waals surface area contributed by atoms with Crippen molar-refractivity contribution in [2.75, 3.05) is 0 Å². The number of pyridine rings is 1. The lowest BCUT2D eigenvalue weighted by Crippen LogP contribution is -2.15. The molecule has 278 valence electrons. The van der Waals surface area contributed by atoms with Crippen molar-refractivity contribution in [3.63, 3.8) is 0 Å². The molecule has 2 heterocycles. The van der Waals surface area contributed by atoms with Gasteiger partial charge >= 0.3 is 0 Å². The van der Waals surface area contributed by atoms with E-state index in [2.05, 4.69) is 146 Å². The Bertz CT molecular complexity index is 3040. The highest BCUT2D eigenvalue weighted by molar-refractivity contribution is 5.87. The van der Waals surface area contributed by atoms with Crippen LogP contribution in [0.25, 0.3) is 89.8 Å². The smallest absolute Gasteiger partial charge is 0.164 e. The lowest BCUT2D eigenvalue weighted by atomic mass is 9.81. The Hall–Kier alpha value is -7.81. The molecule has 0 fully saturated rings. The first kappa shape index (κ1) is 35.6. The zero-order valence-electron chi connectivity index (χ0n) is 32.6. The highest BCUT2D eigenvalue weighted by Crippen LogP contribution is 2.50. The van der Waals surface area contributed by atoms with Gasteiger partial charge in [0.2, 0.25) is 0 Å². The Labute approximate surface area is 344 Å². The fraction of sp³-hybridized carbons (Fsp3) is 0.0556. The molecule has 9 aromatic rings. The van der Waals surface area contributed by atoms with E-state index in [1.54, 1.807) is 6.20 Å². The van der Waals surface area contributed by atoms with Crippen LogP contribution in [0.5, 0.6) is 0 Å². The fourth-order valence-electron chi connectivity index (χ4n) is 8.26. The molecule has 0 saturated heterocycles. The van der Waals surface area contributed by atoms with Gasteiger partial charge in [0.15, 0.2) is 17.5 Å². The average Bonchev–Trinajstić information content (AvgIpc) is 3.54. The summed E-state index contributed by atoms with van der Waals surface area (Å²) in [6.45, 7) is 4.50. The quantitative estimate of drug-likeness (QED) is 0.162. The predicted molar refractivity (Wildman–Crippen MR) is 238 cm³/mol. The van der Waals surface area contributed by atoms with Crippen LogP contribution in [0.15, 0.2) is 188 Å². The molecule has 0 saturated carbocycles. The molecule has 7 aromatic carbocycles. The highest BCUT2D eigenvalue weighted by Gasteiger charge is 2.36. The van der Waals surface area contributed by atoms with E-state index in [9.17, 15) is 5.26 Å². The summed E-state index contributed by atoms with van der Waals surface area (Å²) in [5, 5.41) is 9.71. The van der Waals surface area contributed by atoms with E-state index in [-0.39, 0.29) is 5.41 Å². The zero-order valence-corrected chi connectivity index (χ0v) is 32.6. The van der Waals surface area contributed by atoms with Crippen molar-refractivity contribution in [3.8, 4) is 95.9 Å². The average molecular weight is 756 g/mol. The van der Waals surface area contributed by atoms with Gasteiger partial charge in [-0.3, -0.25) is 4.98 Å². The molecule has 59 heavy (non-hydrogen) atoms. The molecule has 0 spiro atoms. The van der Waals surface area contributed by atoms with Crippen molar-refractivity contribution in [2.24, 2.45) is 0 Å². The van der Waals surface area contributed by atoms with Gasteiger partial charge in [-0.05, 0) is 109 Å². The van der Waals surface area contributed by atoms with E-state index in [4.69, 9.17) is 15.0 Å². The van der Waals surface area contributed by atoms with E-state index >= 15 is 0 Å². The minimum Gasteiger partial charge on any atom is -0.264 e. The van der Waals surface area contributed by atoms with Gasteiger partial charge in [-0.1, -0.05) is 147 Å². The second-order valence-corrected chi connectivity index (χ2v) is 15.5. The number of rotatable bonds is 7. The maximum absolute atomic E-state index is 9.71. The van der Waals surface area contributed by atoms with Gasteiger partial charge in [0.05, 0.1) is 11.6 Å². The molecule has 5 heteroatoms. The van der Waals surface area contributed by atoms with Crippen LogP contribution in [-0.4, -0.2) is 19.9 Å². The summed E-state index contributed by atoms with van der Waals surface area (Å²) in [6.07, 6.45) is 3.68. The van der Waals surface area contributed by atoms with Gasteiger partial charge in [-0.25, -0.2) is 15.0 Å². The third-order valence-electron chi connectivity index (χ3n) is 11.5. The van der Waals surface area contributed by atoms with Gasteiger partial charge in [0, 0.05) is 34.5 Å². The molecule has 0 radical (unpaired) electrons. The first-order chi connectivity index (χ1) is 28.9.